The van der Waals surface area contributed by atoms with Gasteiger partial charge in [0.05, 0.1) is 25.0 Å². The number of nitrogens with one attached hydrogen (secondary N) is 4. The fraction of sp³-hybridized carbons (Fsp3) is 0.679. The van der Waals surface area contributed by atoms with Crippen LogP contribution in [0.15, 0.2) is 18.5 Å². The Labute approximate surface area is 251 Å². The number of aliphatic hydroxyl groups is 2. The lowest BCUT2D eigenvalue weighted by atomic mass is 9.96. The fourth-order valence-electron chi connectivity index (χ4n) is 4.15. The third kappa shape index (κ3) is 13.2. The van der Waals surface area contributed by atoms with E-state index in [1.807, 2.05) is 13.8 Å². The minimum absolute atomic E-state index is 0.0203. The number of pyridine rings is 1. The highest BCUT2D eigenvalue weighted by molar-refractivity contribution is 5.96. The Kier molecular flexibility index (Phi) is 15.8. The Bertz CT molecular complexity index is 1040. The van der Waals surface area contributed by atoms with Crippen molar-refractivity contribution >= 4 is 23.6 Å². The van der Waals surface area contributed by atoms with Gasteiger partial charge in [0.1, 0.15) is 43.3 Å². The van der Waals surface area contributed by atoms with Gasteiger partial charge >= 0.3 is 0 Å². The van der Waals surface area contributed by atoms with Crippen molar-refractivity contribution in [1.29, 1.82) is 0 Å². The number of methoxy groups -OCH3 is 1. The highest BCUT2D eigenvalue weighted by Crippen LogP contribution is 2.23. The number of amides is 4. The van der Waals surface area contributed by atoms with Crippen LogP contribution < -0.4 is 26.0 Å². The summed E-state index contributed by atoms with van der Waals surface area (Å²) in [6, 6.07) is 0.484. The maximum Gasteiger partial charge on any atom is 0.253 e. The average Bonchev–Trinajstić information content (AvgIpc) is 2.96. The second-order valence-electron chi connectivity index (χ2n) is 10.3. The van der Waals surface area contributed by atoms with Gasteiger partial charge in [0.25, 0.3) is 5.91 Å². The van der Waals surface area contributed by atoms with Gasteiger partial charge in [-0.2, -0.15) is 0 Å². The van der Waals surface area contributed by atoms with Crippen LogP contribution >= 0.6 is 0 Å². The predicted molar refractivity (Wildman–Crippen MR) is 153 cm³/mol. The molecule has 43 heavy (non-hydrogen) atoms. The number of rotatable bonds is 18. The summed E-state index contributed by atoms with van der Waals surface area (Å²) in [5, 5.41) is 31.8. The van der Waals surface area contributed by atoms with Crippen molar-refractivity contribution in [3.05, 3.63) is 24.0 Å². The van der Waals surface area contributed by atoms with Gasteiger partial charge in [-0.1, -0.05) is 12.8 Å². The van der Waals surface area contributed by atoms with Gasteiger partial charge in [0.2, 0.25) is 17.7 Å². The quantitative estimate of drug-likeness (QED) is 0.0699. The lowest BCUT2D eigenvalue weighted by molar-refractivity contribution is -0.262. The zero-order valence-corrected chi connectivity index (χ0v) is 25.2. The Hall–Kier alpha value is -3.37. The van der Waals surface area contributed by atoms with Crippen LogP contribution in [0.1, 0.15) is 63.2 Å². The van der Waals surface area contributed by atoms with E-state index in [-0.39, 0.29) is 43.9 Å². The Balaban J connectivity index is 1.74. The van der Waals surface area contributed by atoms with Crippen molar-refractivity contribution in [3.63, 3.8) is 0 Å². The molecule has 15 nitrogen and oxygen atoms in total. The van der Waals surface area contributed by atoms with Crippen LogP contribution in [0.5, 0.6) is 5.75 Å². The molecule has 0 bridgehead atoms. The van der Waals surface area contributed by atoms with Crippen molar-refractivity contribution in [3.8, 4) is 5.75 Å². The summed E-state index contributed by atoms with van der Waals surface area (Å²) in [4.78, 5) is 51.8. The van der Waals surface area contributed by atoms with E-state index < -0.39 is 48.4 Å². The molecule has 1 aromatic heterocycles. The summed E-state index contributed by atoms with van der Waals surface area (Å²) in [5.41, 5.74) is 0.242. The van der Waals surface area contributed by atoms with E-state index in [0.29, 0.717) is 25.1 Å². The van der Waals surface area contributed by atoms with Crippen LogP contribution in [0.25, 0.3) is 0 Å². The lowest BCUT2D eigenvalue weighted by Crippen LogP contribution is -2.65. The SMILES string of the molecule is COc1cncc(C(=O)NCC2OC(OCCCCCCNC(=O)CC(=O)NCOC(C)C)C(NC(C)=O)C(O)C2O)c1. The van der Waals surface area contributed by atoms with Crippen LogP contribution in [-0.4, -0.2) is 109 Å². The van der Waals surface area contributed by atoms with E-state index in [9.17, 15) is 29.4 Å². The maximum absolute atomic E-state index is 12.6. The van der Waals surface area contributed by atoms with Gasteiger partial charge in [-0.15, -0.1) is 0 Å². The van der Waals surface area contributed by atoms with E-state index in [0.717, 1.165) is 12.8 Å². The van der Waals surface area contributed by atoms with Gasteiger partial charge < -0.3 is 50.4 Å². The predicted octanol–water partition coefficient (Wildman–Crippen LogP) is -0.647. The molecule has 0 spiro atoms. The van der Waals surface area contributed by atoms with Gasteiger partial charge in [-0.05, 0) is 32.8 Å². The molecule has 2 heterocycles. The molecule has 1 aliphatic heterocycles. The molecule has 242 valence electrons. The lowest BCUT2D eigenvalue weighted by Gasteiger charge is -2.42. The molecule has 1 aromatic rings. The topological polar surface area (TPSA) is 207 Å². The summed E-state index contributed by atoms with van der Waals surface area (Å²) < 4.78 is 22.0. The number of ether oxygens (including phenoxy) is 4. The molecule has 5 unspecified atom stereocenters. The molecule has 6 N–H and O–H groups in total. The Morgan fingerprint density at radius 1 is 1.00 bits per heavy atom. The first-order valence-corrected chi connectivity index (χ1v) is 14.3. The third-order valence-electron chi connectivity index (χ3n) is 6.43. The van der Waals surface area contributed by atoms with E-state index in [2.05, 4.69) is 26.3 Å². The van der Waals surface area contributed by atoms with E-state index >= 15 is 0 Å². The Morgan fingerprint density at radius 2 is 1.72 bits per heavy atom. The highest BCUT2D eigenvalue weighted by Gasteiger charge is 2.45. The number of aliphatic hydroxyl groups excluding tert-OH is 2. The number of aromatic nitrogens is 1. The average molecular weight is 612 g/mol. The summed E-state index contributed by atoms with van der Waals surface area (Å²) >= 11 is 0. The first-order chi connectivity index (χ1) is 20.5. The molecule has 4 amide bonds. The summed E-state index contributed by atoms with van der Waals surface area (Å²) in [6.07, 6.45) is 0.512. The van der Waals surface area contributed by atoms with Crippen molar-refractivity contribution in [2.24, 2.45) is 0 Å². The summed E-state index contributed by atoms with van der Waals surface area (Å²) in [5.74, 6) is -1.28. The number of carbonyl (C=O) groups is 4. The van der Waals surface area contributed by atoms with Crippen LogP contribution in [0.4, 0.5) is 0 Å². The largest absolute Gasteiger partial charge is 0.495 e. The van der Waals surface area contributed by atoms with Crippen LogP contribution in [0, 0.1) is 0 Å². The van der Waals surface area contributed by atoms with Crippen LogP contribution in [-0.2, 0) is 28.6 Å². The van der Waals surface area contributed by atoms with Crippen molar-refractivity contribution in [1.82, 2.24) is 26.3 Å². The molecule has 1 fully saturated rings. The van der Waals surface area contributed by atoms with E-state index in [1.165, 1.54) is 32.5 Å². The first-order valence-electron chi connectivity index (χ1n) is 14.3. The summed E-state index contributed by atoms with van der Waals surface area (Å²) in [7, 11) is 1.45. The molecule has 0 aromatic carbocycles. The molecule has 5 atom stereocenters. The molecule has 1 saturated heterocycles. The fourth-order valence-corrected chi connectivity index (χ4v) is 4.15. The second kappa shape index (κ2) is 19.0. The van der Waals surface area contributed by atoms with Gasteiger partial charge in [-0.25, -0.2) is 0 Å². The van der Waals surface area contributed by atoms with E-state index in [4.69, 9.17) is 18.9 Å². The molecule has 0 radical (unpaired) electrons. The smallest absolute Gasteiger partial charge is 0.253 e. The third-order valence-corrected chi connectivity index (χ3v) is 6.43. The van der Waals surface area contributed by atoms with E-state index in [1.54, 1.807) is 0 Å². The molecule has 0 aliphatic carbocycles. The number of unbranched alkanes of at least 4 members (excludes halogenated alkanes) is 3. The molecular formula is C28H45N5O10. The molecular weight excluding hydrogens is 566 g/mol. The minimum atomic E-state index is -1.41. The molecule has 15 heteroatoms. The van der Waals surface area contributed by atoms with Gasteiger partial charge in [0, 0.05) is 32.8 Å². The molecule has 0 saturated carbocycles. The first kappa shape index (κ1) is 35.8. The normalized spacial score (nSPS) is 21.6. The Morgan fingerprint density at radius 3 is 2.42 bits per heavy atom. The number of nitrogens with zero attached hydrogens (tertiary/aromatic N) is 1. The van der Waals surface area contributed by atoms with Gasteiger partial charge in [-0.3, -0.25) is 24.2 Å². The van der Waals surface area contributed by atoms with Crippen molar-refractivity contribution in [2.45, 2.75) is 89.6 Å². The van der Waals surface area contributed by atoms with Crippen molar-refractivity contribution < 1.29 is 48.3 Å². The zero-order valence-electron chi connectivity index (χ0n) is 25.2. The minimum Gasteiger partial charge on any atom is -0.495 e. The highest BCUT2D eigenvalue weighted by atomic mass is 16.7. The number of hydrogen-bond donors (Lipinski definition) is 6. The molecule has 1 aliphatic rings. The zero-order chi connectivity index (χ0) is 31.8. The summed E-state index contributed by atoms with van der Waals surface area (Å²) in [6.45, 7) is 5.55. The van der Waals surface area contributed by atoms with Crippen molar-refractivity contribution in [2.75, 3.05) is 33.5 Å². The van der Waals surface area contributed by atoms with Crippen LogP contribution in [0.2, 0.25) is 0 Å². The maximum atomic E-state index is 12.6. The van der Waals surface area contributed by atoms with Crippen LogP contribution in [0.3, 0.4) is 0 Å². The standard InChI is InChI=1S/C28H45N5O10/c1-17(2)42-16-32-23(36)12-22(35)30-9-7-5-6-8-10-41-28-24(33-18(3)34)26(38)25(37)21(43-28)15-31-27(39)19-11-20(40-4)14-29-13-19/h11,13-14,17,21,24-26,28,37-38H,5-10,12,15-16H2,1-4H3,(H,30,35)(H,31,39)(H,32,36)(H,33,34). The monoisotopic (exact) mass is 611 g/mol. The molecule has 2 rings (SSSR count). The number of carbonyl (C=O) groups excluding carboxylic acids is 4. The second-order valence-corrected chi connectivity index (χ2v) is 10.3. The van der Waals surface area contributed by atoms with Gasteiger partial charge in [0.15, 0.2) is 6.29 Å². The number of hydrogen-bond acceptors (Lipinski definition) is 11.